The Morgan fingerprint density at radius 1 is 0.969 bits per heavy atom. The van der Waals surface area contributed by atoms with Gasteiger partial charge in [0.05, 0.1) is 7.11 Å². The van der Waals surface area contributed by atoms with Crippen molar-refractivity contribution in [1.29, 1.82) is 0 Å². The Morgan fingerprint density at radius 3 is 2.44 bits per heavy atom. The maximum absolute atomic E-state index is 12.4. The molecule has 3 aromatic carbocycles. The zero-order valence-corrected chi connectivity index (χ0v) is 17.4. The van der Waals surface area contributed by atoms with Crippen LogP contribution in [0.3, 0.4) is 0 Å². The molecular formula is C24H21F2NO5. The number of hydrogen-bond donors (Lipinski definition) is 1. The smallest absolute Gasteiger partial charge is 0.387 e. The van der Waals surface area contributed by atoms with Crippen LogP contribution in [0.4, 0.5) is 14.5 Å². The number of rotatable bonds is 8. The second-order valence-electron chi connectivity index (χ2n) is 6.75. The van der Waals surface area contributed by atoms with Gasteiger partial charge >= 0.3 is 12.6 Å². The molecule has 0 radical (unpaired) electrons. The Balaban J connectivity index is 1.58. The van der Waals surface area contributed by atoms with Crippen molar-refractivity contribution in [2.24, 2.45) is 0 Å². The molecule has 1 N–H and O–H groups in total. The predicted octanol–water partition coefficient (Wildman–Crippen LogP) is 5.03. The molecule has 1 atom stereocenters. The van der Waals surface area contributed by atoms with Crippen molar-refractivity contribution in [2.45, 2.75) is 19.6 Å². The molecule has 0 saturated carbocycles. The lowest BCUT2D eigenvalue weighted by molar-refractivity contribution is -0.148. The van der Waals surface area contributed by atoms with Crippen LogP contribution in [0.15, 0.2) is 66.7 Å². The Kier molecular flexibility index (Phi) is 7.38. The van der Waals surface area contributed by atoms with Gasteiger partial charge in [-0.25, -0.2) is 4.79 Å². The number of ether oxygens (including phenoxy) is 3. The summed E-state index contributed by atoms with van der Waals surface area (Å²) in [6.45, 7) is -1.52. The number of fused-ring (bicyclic) bond motifs is 1. The van der Waals surface area contributed by atoms with Gasteiger partial charge in [0, 0.05) is 11.8 Å². The SMILES string of the molecule is COc1cc(/C=C/C(=O)O[C@@H](C)C(=O)Nc2ccc3ccccc3c2)ccc1OC(F)F. The van der Waals surface area contributed by atoms with Gasteiger partial charge in [-0.3, -0.25) is 4.79 Å². The zero-order chi connectivity index (χ0) is 23.1. The minimum absolute atomic E-state index is 0.0870. The van der Waals surface area contributed by atoms with Gasteiger partial charge in [-0.2, -0.15) is 8.78 Å². The van der Waals surface area contributed by atoms with E-state index in [9.17, 15) is 18.4 Å². The van der Waals surface area contributed by atoms with Gasteiger partial charge in [0.15, 0.2) is 17.6 Å². The summed E-state index contributed by atoms with van der Waals surface area (Å²) in [5.41, 5.74) is 1.08. The first-order valence-electron chi connectivity index (χ1n) is 9.67. The Hall–Kier alpha value is -3.94. The van der Waals surface area contributed by atoms with Crippen molar-refractivity contribution in [2.75, 3.05) is 12.4 Å². The third kappa shape index (κ3) is 6.04. The highest BCUT2D eigenvalue weighted by Crippen LogP contribution is 2.29. The predicted molar refractivity (Wildman–Crippen MR) is 117 cm³/mol. The molecule has 0 heterocycles. The molecule has 166 valence electrons. The molecule has 0 fully saturated rings. The Labute approximate surface area is 183 Å². The van der Waals surface area contributed by atoms with Gasteiger partial charge in [-0.05, 0) is 53.6 Å². The van der Waals surface area contributed by atoms with Gasteiger partial charge in [0.2, 0.25) is 0 Å². The average Bonchev–Trinajstić information content (AvgIpc) is 2.77. The first-order chi connectivity index (χ1) is 15.4. The van der Waals surface area contributed by atoms with E-state index in [2.05, 4.69) is 10.1 Å². The minimum Gasteiger partial charge on any atom is -0.493 e. The van der Waals surface area contributed by atoms with E-state index in [4.69, 9.17) is 9.47 Å². The van der Waals surface area contributed by atoms with Crippen molar-refractivity contribution in [1.82, 2.24) is 0 Å². The highest BCUT2D eigenvalue weighted by molar-refractivity contribution is 5.98. The van der Waals surface area contributed by atoms with Crippen LogP contribution in [0.2, 0.25) is 0 Å². The molecule has 0 aromatic heterocycles. The van der Waals surface area contributed by atoms with E-state index >= 15 is 0 Å². The second kappa shape index (κ2) is 10.4. The summed E-state index contributed by atoms with van der Waals surface area (Å²) < 4.78 is 39.3. The lowest BCUT2D eigenvalue weighted by Gasteiger charge is -2.13. The van der Waals surface area contributed by atoms with Crippen LogP contribution in [0.1, 0.15) is 12.5 Å². The first kappa shape index (κ1) is 22.7. The number of amides is 1. The molecule has 3 rings (SSSR count). The molecule has 0 saturated heterocycles. The quantitative estimate of drug-likeness (QED) is 0.392. The number of carbonyl (C=O) groups is 2. The van der Waals surface area contributed by atoms with Crippen LogP contribution >= 0.6 is 0 Å². The van der Waals surface area contributed by atoms with Crippen molar-refractivity contribution >= 4 is 34.4 Å². The number of hydrogen-bond acceptors (Lipinski definition) is 5. The van der Waals surface area contributed by atoms with E-state index in [-0.39, 0.29) is 11.5 Å². The fourth-order valence-corrected chi connectivity index (χ4v) is 2.92. The van der Waals surface area contributed by atoms with Crippen molar-refractivity contribution < 1.29 is 32.6 Å². The fourth-order valence-electron chi connectivity index (χ4n) is 2.92. The monoisotopic (exact) mass is 441 g/mol. The topological polar surface area (TPSA) is 73.9 Å². The van der Waals surface area contributed by atoms with Crippen LogP contribution in [0, 0.1) is 0 Å². The maximum atomic E-state index is 12.4. The van der Waals surface area contributed by atoms with Crippen molar-refractivity contribution in [3.63, 3.8) is 0 Å². The largest absolute Gasteiger partial charge is 0.493 e. The zero-order valence-electron chi connectivity index (χ0n) is 17.4. The number of alkyl halides is 2. The highest BCUT2D eigenvalue weighted by atomic mass is 19.3. The summed E-state index contributed by atoms with van der Waals surface area (Å²) in [6, 6.07) is 17.4. The van der Waals surface area contributed by atoms with E-state index in [0.29, 0.717) is 11.3 Å². The first-order valence-corrected chi connectivity index (χ1v) is 9.67. The number of nitrogens with one attached hydrogen (secondary N) is 1. The van der Waals surface area contributed by atoms with E-state index < -0.39 is 24.6 Å². The molecule has 3 aromatic rings. The van der Waals surface area contributed by atoms with Crippen molar-refractivity contribution in [3.05, 3.63) is 72.3 Å². The van der Waals surface area contributed by atoms with Crippen LogP contribution in [0.25, 0.3) is 16.8 Å². The second-order valence-corrected chi connectivity index (χ2v) is 6.75. The number of halogens is 2. The summed E-state index contributed by atoms with van der Waals surface area (Å²) in [7, 11) is 1.31. The van der Waals surface area contributed by atoms with E-state index in [1.165, 1.54) is 38.3 Å². The number of methoxy groups -OCH3 is 1. The molecule has 0 aliphatic heterocycles. The number of carbonyl (C=O) groups excluding carboxylic acids is 2. The molecule has 6 nitrogen and oxygen atoms in total. The normalized spacial score (nSPS) is 12.0. The lowest BCUT2D eigenvalue weighted by atomic mass is 10.1. The molecule has 0 bridgehead atoms. The summed E-state index contributed by atoms with van der Waals surface area (Å²) in [4.78, 5) is 24.4. The fraction of sp³-hybridized carbons (Fsp3) is 0.167. The molecule has 0 aliphatic rings. The molecular weight excluding hydrogens is 420 g/mol. The van der Waals surface area contributed by atoms with E-state index in [1.807, 2.05) is 36.4 Å². The Bertz CT molecular complexity index is 1150. The van der Waals surface area contributed by atoms with E-state index in [0.717, 1.165) is 16.8 Å². The van der Waals surface area contributed by atoms with Crippen LogP contribution in [-0.2, 0) is 14.3 Å². The molecule has 8 heteroatoms. The standard InChI is InChI=1S/C24H21F2NO5/c1-15(23(29)27-19-10-9-17-5-3-4-6-18(17)14-19)31-22(28)12-8-16-7-11-20(32-24(25)26)21(13-16)30-2/h3-15,24H,1-2H3,(H,27,29)/b12-8+/t15-/m0/s1. The number of esters is 1. The van der Waals surface area contributed by atoms with Gasteiger partial charge in [-0.1, -0.05) is 36.4 Å². The van der Waals surface area contributed by atoms with Crippen LogP contribution in [-0.4, -0.2) is 31.7 Å². The molecule has 0 spiro atoms. The van der Waals surface area contributed by atoms with Crippen LogP contribution < -0.4 is 14.8 Å². The van der Waals surface area contributed by atoms with Gasteiger partial charge in [0.1, 0.15) is 0 Å². The number of anilines is 1. The summed E-state index contributed by atoms with van der Waals surface area (Å²) in [5.74, 6) is -1.25. The minimum atomic E-state index is -2.98. The summed E-state index contributed by atoms with van der Waals surface area (Å²) in [5, 5.41) is 4.73. The summed E-state index contributed by atoms with van der Waals surface area (Å²) >= 11 is 0. The van der Waals surface area contributed by atoms with Crippen molar-refractivity contribution in [3.8, 4) is 11.5 Å². The summed E-state index contributed by atoms with van der Waals surface area (Å²) in [6.07, 6.45) is 1.50. The highest BCUT2D eigenvalue weighted by Gasteiger charge is 2.17. The van der Waals surface area contributed by atoms with Gasteiger partial charge in [0.25, 0.3) is 5.91 Å². The maximum Gasteiger partial charge on any atom is 0.387 e. The third-order valence-electron chi connectivity index (χ3n) is 4.49. The molecule has 0 aliphatic carbocycles. The lowest BCUT2D eigenvalue weighted by Crippen LogP contribution is -2.29. The third-order valence-corrected chi connectivity index (χ3v) is 4.49. The molecule has 1 amide bonds. The average molecular weight is 441 g/mol. The Morgan fingerprint density at radius 2 is 1.72 bits per heavy atom. The number of benzene rings is 3. The van der Waals surface area contributed by atoms with Gasteiger partial charge < -0.3 is 19.5 Å². The molecule has 0 unspecified atom stereocenters. The van der Waals surface area contributed by atoms with E-state index in [1.54, 1.807) is 6.07 Å². The molecule has 32 heavy (non-hydrogen) atoms. The van der Waals surface area contributed by atoms with Gasteiger partial charge in [-0.15, -0.1) is 0 Å². The van der Waals surface area contributed by atoms with Crippen LogP contribution in [0.5, 0.6) is 11.5 Å².